The summed E-state index contributed by atoms with van der Waals surface area (Å²) in [6.45, 7) is 3.39. The summed E-state index contributed by atoms with van der Waals surface area (Å²) in [6, 6.07) is -1.11. The van der Waals surface area contributed by atoms with Gasteiger partial charge in [-0.1, -0.05) is 0 Å². The van der Waals surface area contributed by atoms with Crippen LogP contribution in [0.1, 0.15) is 13.8 Å². The van der Waals surface area contributed by atoms with Gasteiger partial charge in [0.1, 0.15) is 6.04 Å². The minimum atomic E-state index is -0.984. The third-order valence-corrected chi connectivity index (χ3v) is 2.73. The maximum absolute atomic E-state index is 11.1. The van der Waals surface area contributed by atoms with Crippen molar-refractivity contribution in [3.63, 3.8) is 0 Å². The second-order valence-corrected chi connectivity index (χ2v) is 3.81. The van der Waals surface area contributed by atoms with Crippen LogP contribution in [0.25, 0.3) is 0 Å². The van der Waals surface area contributed by atoms with Crippen LogP contribution in [-0.4, -0.2) is 58.3 Å². The minimum Gasteiger partial charge on any atom is -0.480 e. The zero-order chi connectivity index (χ0) is 11.6. The molecule has 15 heavy (non-hydrogen) atoms. The van der Waals surface area contributed by atoms with Gasteiger partial charge in [-0.3, -0.25) is 14.5 Å². The monoisotopic (exact) mass is 216 g/mol. The highest BCUT2D eigenvalue weighted by molar-refractivity contribution is 5.83. The molecule has 86 valence electrons. The Balaban J connectivity index is 2.78. The first-order chi connectivity index (χ1) is 6.93. The number of aliphatic hydroxyl groups excluding tert-OH is 1. The summed E-state index contributed by atoms with van der Waals surface area (Å²) >= 11 is 0. The van der Waals surface area contributed by atoms with E-state index in [0.29, 0.717) is 0 Å². The number of rotatable bonds is 3. The van der Waals surface area contributed by atoms with E-state index >= 15 is 0 Å². The SMILES string of the molecule is CC(O)C(C)N1CC(=O)NCC1C(=O)O. The highest BCUT2D eigenvalue weighted by atomic mass is 16.4. The van der Waals surface area contributed by atoms with E-state index in [-0.39, 0.29) is 25.0 Å². The minimum absolute atomic E-state index is 0.0169. The van der Waals surface area contributed by atoms with Gasteiger partial charge >= 0.3 is 5.97 Å². The Labute approximate surface area is 87.9 Å². The Morgan fingerprint density at radius 3 is 2.67 bits per heavy atom. The summed E-state index contributed by atoms with van der Waals surface area (Å²) in [4.78, 5) is 23.6. The third-order valence-electron chi connectivity index (χ3n) is 2.73. The number of hydrogen-bond donors (Lipinski definition) is 3. The van der Waals surface area contributed by atoms with Gasteiger partial charge in [-0.25, -0.2) is 0 Å². The second-order valence-electron chi connectivity index (χ2n) is 3.81. The van der Waals surface area contributed by atoms with Gasteiger partial charge in [-0.15, -0.1) is 0 Å². The lowest BCUT2D eigenvalue weighted by molar-refractivity contribution is -0.148. The van der Waals surface area contributed by atoms with E-state index in [1.165, 1.54) is 4.90 Å². The first-order valence-electron chi connectivity index (χ1n) is 4.86. The summed E-state index contributed by atoms with van der Waals surface area (Å²) in [7, 11) is 0. The normalized spacial score (nSPS) is 26.9. The van der Waals surface area contributed by atoms with E-state index < -0.39 is 18.1 Å². The predicted molar refractivity (Wildman–Crippen MR) is 52.3 cm³/mol. The molecule has 1 heterocycles. The Kier molecular flexibility index (Phi) is 3.65. The number of aliphatic carboxylic acids is 1. The van der Waals surface area contributed by atoms with Crippen LogP contribution in [0.4, 0.5) is 0 Å². The number of hydrogen-bond acceptors (Lipinski definition) is 4. The number of carbonyl (C=O) groups is 2. The van der Waals surface area contributed by atoms with Crippen molar-refractivity contribution in [2.75, 3.05) is 13.1 Å². The zero-order valence-electron chi connectivity index (χ0n) is 8.80. The van der Waals surface area contributed by atoms with Crippen molar-refractivity contribution in [2.45, 2.75) is 32.0 Å². The maximum atomic E-state index is 11.1. The average molecular weight is 216 g/mol. The van der Waals surface area contributed by atoms with Crippen molar-refractivity contribution in [3.05, 3.63) is 0 Å². The maximum Gasteiger partial charge on any atom is 0.322 e. The van der Waals surface area contributed by atoms with Crippen molar-refractivity contribution < 1.29 is 19.8 Å². The average Bonchev–Trinajstić information content (AvgIpc) is 2.15. The number of nitrogens with zero attached hydrogens (tertiary/aromatic N) is 1. The number of carboxylic acids is 1. The Morgan fingerprint density at radius 1 is 1.60 bits per heavy atom. The predicted octanol–water partition coefficient (Wildman–Crippen LogP) is -1.36. The smallest absolute Gasteiger partial charge is 0.322 e. The molecular formula is C9H16N2O4. The molecule has 3 unspecified atom stereocenters. The van der Waals surface area contributed by atoms with Gasteiger partial charge in [0.15, 0.2) is 0 Å². The topological polar surface area (TPSA) is 89.9 Å². The molecule has 0 radical (unpaired) electrons. The van der Waals surface area contributed by atoms with E-state index in [2.05, 4.69) is 5.32 Å². The number of amides is 1. The molecule has 1 saturated heterocycles. The van der Waals surface area contributed by atoms with Crippen LogP contribution < -0.4 is 5.32 Å². The summed E-state index contributed by atoms with van der Waals surface area (Å²) < 4.78 is 0. The van der Waals surface area contributed by atoms with Crippen molar-refractivity contribution >= 4 is 11.9 Å². The largest absolute Gasteiger partial charge is 0.480 e. The first kappa shape index (κ1) is 11.9. The molecular weight excluding hydrogens is 200 g/mol. The lowest BCUT2D eigenvalue weighted by Crippen LogP contribution is -2.61. The van der Waals surface area contributed by atoms with Gasteiger partial charge in [0.05, 0.1) is 12.6 Å². The summed E-state index contributed by atoms with van der Waals surface area (Å²) in [6.07, 6.45) is -0.669. The number of nitrogens with one attached hydrogen (secondary N) is 1. The van der Waals surface area contributed by atoms with E-state index in [9.17, 15) is 14.7 Å². The highest BCUT2D eigenvalue weighted by Crippen LogP contribution is 2.12. The molecule has 3 atom stereocenters. The van der Waals surface area contributed by atoms with E-state index in [1.807, 2.05) is 0 Å². The number of aliphatic hydroxyl groups is 1. The quantitative estimate of drug-likeness (QED) is 0.542. The van der Waals surface area contributed by atoms with Gasteiger partial charge < -0.3 is 15.5 Å². The molecule has 6 heteroatoms. The lowest BCUT2D eigenvalue weighted by atomic mass is 10.1. The van der Waals surface area contributed by atoms with Crippen molar-refractivity contribution in [1.82, 2.24) is 10.2 Å². The van der Waals surface area contributed by atoms with Crippen molar-refractivity contribution in [1.29, 1.82) is 0 Å². The van der Waals surface area contributed by atoms with Gasteiger partial charge in [0.2, 0.25) is 5.91 Å². The molecule has 6 nitrogen and oxygen atoms in total. The fraction of sp³-hybridized carbons (Fsp3) is 0.778. The molecule has 1 rings (SSSR count). The van der Waals surface area contributed by atoms with Crippen molar-refractivity contribution in [3.8, 4) is 0 Å². The van der Waals surface area contributed by atoms with Gasteiger partial charge in [-0.05, 0) is 13.8 Å². The molecule has 1 aliphatic rings. The molecule has 1 aliphatic heterocycles. The van der Waals surface area contributed by atoms with Crippen LogP contribution in [0.5, 0.6) is 0 Å². The number of carboxylic acid groups (broad SMARTS) is 1. The van der Waals surface area contributed by atoms with Crippen LogP contribution in [0.3, 0.4) is 0 Å². The van der Waals surface area contributed by atoms with Crippen LogP contribution in [0.2, 0.25) is 0 Å². The van der Waals surface area contributed by atoms with Gasteiger partial charge in [0, 0.05) is 12.6 Å². The fourth-order valence-corrected chi connectivity index (χ4v) is 1.59. The Bertz CT molecular complexity index is 267. The van der Waals surface area contributed by atoms with Crippen LogP contribution >= 0.6 is 0 Å². The summed E-state index contributed by atoms with van der Waals surface area (Å²) in [5, 5.41) is 20.8. The standard InChI is InChI=1S/C9H16N2O4/c1-5(6(2)12)11-4-8(13)10-3-7(11)9(14)15/h5-7,12H,3-4H2,1-2H3,(H,10,13)(H,14,15). The number of piperazine rings is 1. The molecule has 0 spiro atoms. The molecule has 0 aromatic rings. The molecule has 1 fully saturated rings. The van der Waals surface area contributed by atoms with Gasteiger partial charge in [0.25, 0.3) is 0 Å². The molecule has 0 aliphatic carbocycles. The molecule has 0 bridgehead atoms. The van der Waals surface area contributed by atoms with E-state index in [1.54, 1.807) is 13.8 Å². The van der Waals surface area contributed by atoms with E-state index in [4.69, 9.17) is 5.11 Å². The zero-order valence-corrected chi connectivity index (χ0v) is 8.80. The van der Waals surface area contributed by atoms with E-state index in [0.717, 1.165) is 0 Å². The summed E-state index contributed by atoms with van der Waals surface area (Å²) in [5.74, 6) is -1.19. The molecule has 0 saturated carbocycles. The second kappa shape index (κ2) is 4.59. The fourth-order valence-electron chi connectivity index (χ4n) is 1.59. The summed E-state index contributed by atoms with van der Waals surface area (Å²) in [5.41, 5.74) is 0. The van der Waals surface area contributed by atoms with Crippen molar-refractivity contribution in [2.24, 2.45) is 0 Å². The molecule has 0 aromatic carbocycles. The highest BCUT2D eigenvalue weighted by Gasteiger charge is 2.36. The molecule has 3 N–H and O–H groups in total. The van der Waals surface area contributed by atoms with Crippen LogP contribution in [0, 0.1) is 0 Å². The molecule has 1 amide bonds. The van der Waals surface area contributed by atoms with Crippen LogP contribution in [-0.2, 0) is 9.59 Å². The van der Waals surface area contributed by atoms with Crippen LogP contribution in [0.15, 0.2) is 0 Å². The third kappa shape index (κ3) is 2.66. The Morgan fingerprint density at radius 2 is 2.20 bits per heavy atom. The lowest BCUT2D eigenvalue weighted by Gasteiger charge is -2.38. The number of carbonyl (C=O) groups excluding carboxylic acids is 1. The Hall–Kier alpha value is -1.14. The first-order valence-corrected chi connectivity index (χ1v) is 4.86. The molecule has 0 aromatic heterocycles. The van der Waals surface area contributed by atoms with Gasteiger partial charge in [-0.2, -0.15) is 0 Å².